The van der Waals surface area contributed by atoms with Crippen molar-refractivity contribution >= 4 is 11.4 Å². The summed E-state index contributed by atoms with van der Waals surface area (Å²) in [7, 11) is 0. The summed E-state index contributed by atoms with van der Waals surface area (Å²) in [6, 6.07) is 7.65. The van der Waals surface area contributed by atoms with Crippen molar-refractivity contribution in [2.24, 2.45) is 10.2 Å². The van der Waals surface area contributed by atoms with Crippen LogP contribution < -0.4 is 0 Å². The molecule has 0 fully saturated rings. The van der Waals surface area contributed by atoms with Crippen LogP contribution in [0.3, 0.4) is 0 Å². The van der Waals surface area contributed by atoms with Gasteiger partial charge in [-0.05, 0) is 38.1 Å². The molecule has 2 rings (SSSR count). The lowest BCUT2D eigenvalue weighted by atomic mass is 10.2. The van der Waals surface area contributed by atoms with Crippen molar-refractivity contribution in [3.05, 3.63) is 60.2 Å². The molecule has 0 bridgehead atoms. The third-order valence-corrected chi connectivity index (χ3v) is 2.55. The van der Waals surface area contributed by atoms with Crippen LogP contribution in [0.15, 0.2) is 59.3 Å². The smallest absolute Gasteiger partial charge is 0.0673 e. The molecule has 0 aliphatic rings. The summed E-state index contributed by atoms with van der Waals surface area (Å²) in [6.07, 6.45) is 6.98. The lowest BCUT2D eigenvalue weighted by Gasteiger charge is -1.99. The highest BCUT2D eigenvalue weighted by molar-refractivity contribution is 6.01. The van der Waals surface area contributed by atoms with E-state index in [9.17, 15) is 0 Å². The number of hydrogen-bond donors (Lipinski definition) is 0. The predicted molar refractivity (Wildman–Crippen MR) is 80.1 cm³/mol. The lowest BCUT2D eigenvalue weighted by molar-refractivity contribution is 0.823. The van der Waals surface area contributed by atoms with Crippen LogP contribution in [0.5, 0.6) is 0 Å². The van der Waals surface area contributed by atoms with E-state index < -0.39 is 0 Å². The Hall–Kier alpha value is -2.44. The monoisotopic (exact) mass is 274 g/mol. The molecule has 0 aliphatic carbocycles. The molecule has 0 unspecified atom stereocenters. The van der Waals surface area contributed by atoms with E-state index in [0.717, 1.165) is 22.6 Å². The first-order valence-electron chi connectivity index (χ1n) is 5.67. The maximum atomic E-state index is 4.23. The molecule has 0 saturated heterocycles. The van der Waals surface area contributed by atoms with Gasteiger partial charge in [-0.25, -0.2) is 0 Å². The van der Waals surface area contributed by atoms with Crippen LogP contribution in [-0.4, -0.2) is 32.3 Å². The van der Waals surface area contributed by atoms with E-state index in [-0.39, 0.29) is 11.0 Å². The molecule has 0 saturated carbocycles. The SMILES string of the molecule is C/C(=N\N=C(/C)c1ccncc1)c1ccncc1.O.O. The molecule has 4 N–H and O–H groups in total. The van der Waals surface area contributed by atoms with E-state index in [1.807, 2.05) is 38.1 Å². The van der Waals surface area contributed by atoms with Crippen molar-refractivity contribution in [1.82, 2.24) is 9.97 Å². The average molecular weight is 274 g/mol. The summed E-state index contributed by atoms with van der Waals surface area (Å²) in [4.78, 5) is 7.95. The van der Waals surface area contributed by atoms with E-state index in [1.54, 1.807) is 24.8 Å². The van der Waals surface area contributed by atoms with Crippen LogP contribution in [0.4, 0.5) is 0 Å². The van der Waals surface area contributed by atoms with Gasteiger partial charge in [0, 0.05) is 35.9 Å². The lowest BCUT2D eigenvalue weighted by Crippen LogP contribution is -1.97. The van der Waals surface area contributed by atoms with E-state index in [0.29, 0.717) is 0 Å². The fourth-order valence-electron chi connectivity index (χ4n) is 1.45. The summed E-state index contributed by atoms with van der Waals surface area (Å²) < 4.78 is 0. The average Bonchev–Trinajstić information content (AvgIpc) is 2.46. The summed E-state index contributed by atoms with van der Waals surface area (Å²) in [5.41, 5.74) is 3.78. The Balaban J connectivity index is 0.00000180. The van der Waals surface area contributed by atoms with E-state index in [2.05, 4.69) is 20.2 Å². The van der Waals surface area contributed by atoms with Crippen LogP contribution in [0.25, 0.3) is 0 Å². The number of aromatic nitrogens is 2. The summed E-state index contributed by atoms with van der Waals surface area (Å²) in [6.45, 7) is 3.86. The Bertz CT molecular complexity index is 515. The van der Waals surface area contributed by atoms with Gasteiger partial charge in [0.25, 0.3) is 0 Å². The van der Waals surface area contributed by atoms with Crippen LogP contribution >= 0.6 is 0 Å². The zero-order valence-corrected chi connectivity index (χ0v) is 11.4. The predicted octanol–water partition coefficient (Wildman–Crippen LogP) is 1.06. The zero-order valence-electron chi connectivity index (χ0n) is 11.4. The first-order chi connectivity index (χ1) is 8.77. The molecule has 6 nitrogen and oxygen atoms in total. The van der Waals surface area contributed by atoms with Crippen LogP contribution in [0, 0.1) is 0 Å². The fraction of sp³-hybridized carbons (Fsp3) is 0.143. The van der Waals surface area contributed by atoms with Gasteiger partial charge >= 0.3 is 0 Å². The molecule has 0 radical (unpaired) electrons. The molecule has 0 amide bonds. The Kier molecular flexibility index (Phi) is 7.57. The molecule has 0 spiro atoms. The van der Waals surface area contributed by atoms with E-state index in [1.165, 1.54) is 0 Å². The standard InChI is InChI=1S/C14H14N4.2H2O/c1-11(13-3-7-15-8-4-13)17-18-12(2)14-5-9-16-10-6-14;;/h3-10H,1-2H3;2*1H2/b17-11+,18-12+;;. The van der Waals surface area contributed by atoms with Gasteiger partial charge in [-0.2, -0.15) is 10.2 Å². The Morgan fingerprint density at radius 3 is 1.30 bits per heavy atom. The van der Waals surface area contributed by atoms with E-state index in [4.69, 9.17) is 0 Å². The molecule has 0 aliphatic heterocycles. The highest BCUT2D eigenvalue weighted by Crippen LogP contribution is 2.02. The van der Waals surface area contributed by atoms with Gasteiger partial charge in [0.05, 0.1) is 11.4 Å². The second-order valence-electron chi connectivity index (χ2n) is 3.84. The zero-order chi connectivity index (χ0) is 12.8. The Labute approximate surface area is 117 Å². The van der Waals surface area contributed by atoms with Crippen LogP contribution in [0.1, 0.15) is 25.0 Å². The van der Waals surface area contributed by atoms with Crippen molar-refractivity contribution < 1.29 is 11.0 Å². The molecule has 2 aromatic heterocycles. The number of hydrogen-bond acceptors (Lipinski definition) is 4. The van der Waals surface area contributed by atoms with Gasteiger partial charge in [-0.3, -0.25) is 9.97 Å². The van der Waals surface area contributed by atoms with E-state index >= 15 is 0 Å². The van der Waals surface area contributed by atoms with Gasteiger partial charge in [-0.15, -0.1) is 0 Å². The maximum Gasteiger partial charge on any atom is 0.0673 e. The minimum atomic E-state index is 0. The first-order valence-corrected chi connectivity index (χ1v) is 5.67. The quantitative estimate of drug-likeness (QED) is 0.615. The molecular weight excluding hydrogens is 256 g/mol. The molecule has 0 aromatic carbocycles. The van der Waals surface area contributed by atoms with Gasteiger partial charge in [0.1, 0.15) is 0 Å². The number of rotatable bonds is 3. The van der Waals surface area contributed by atoms with Crippen molar-refractivity contribution in [3.63, 3.8) is 0 Å². The molecule has 20 heavy (non-hydrogen) atoms. The van der Waals surface area contributed by atoms with Crippen molar-refractivity contribution in [2.75, 3.05) is 0 Å². The van der Waals surface area contributed by atoms with Gasteiger partial charge < -0.3 is 11.0 Å². The third kappa shape index (κ3) is 4.68. The highest BCUT2D eigenvalue weighted by Gasteiger charge is 1.97. The minimum absolute atomic E-state index is 0. The second-order valence-corrected chi connectivity index (χ2v) is 3.84. The minimum Gasteiger partial charge on any atom is -0.412 e. The molecule has 106 valence electrons. The summed E-state index contributed by atoms with van der Waals surface area (Å²) in [5, 5.41) is 8.45. The van der Waals surface area contributed by atoms with Crippen molar-refractivity contribution in [3.8, 4) is 0 Å². The first kappa shape index (κ1) is 17.6. The molecular formula is C14H18N4O2. The number of nitrogens with zero attached hydrogens (tertiary/aromatic N) is 4. The highest BCUT2D eigenvalue weighted by atomic mass is 16.0. The molecule has 0 atom stereocenters. The topological polar surface area (TPSA) is 114 Å². The van der Waals surface area contributed by atoms with Crippen LogP contribution in [0.2, 0.25) is 0 Å². The van der Waals surface area contributed by atoms with Crippen molar-refractivity contribution in [1.29, 1.82) is 0 Å². The van der Waals surface area contributed by atoms with Crippen LogP contribution in [-0.2, 0) is 0 Å². The Morgan fingerprint density at radius 1 is 0.700 bits per heavy atom. The van der Waals surface area contributed by atoms with Gasteiger partial charge in [0.2, 0.25) is 0 Å². The Morgan fingerprint density at radius 2 is 1.00 bits per heavy atom. The summed E-state index contributed by atoms with van der Waals surface area (Å²) in [5.74, 6) is 0. The van der Waals surface area contributed by atoms with Gasteiger partial charge in [0.15, 0.2) is 0 Å². The van der Waals surface area contributed by atoms with Gasteiger partial charge in [-0.1, -0.05) is 0 Å². The normalized spacial score (nSPS) is 11.3. The largest absolute Gasteiger partial charge is 0.412 e. The summed E-state index contributed by atoms with van der Waals surface area (Å²) >= 11 is 0. The fourth-order valence-corrected chi connectivity index (χ4v) is 1.45. The molecule has 2 aromatic rings. The third-order valence-electron chi connectivity index (χ3n) is 2.55. The maximum absolute atomic E-state index is 4.23. The van der Waals surface area contributed by atoms with Crippen molar-refractivity contribution in [2.45, 2.75) is 13.8 Å². The molecule has 6 heteroatoms. The molecule has 2 heterocycles. The number of pyridine rings is 2. The second kappa shape index (κ2) is 8.63.